The Morgan fingerprint density at radius 2 is 1.61 bits per heavy atom. The molecule has 96 valence electrons. The van der Waals surface area contributed by atoms with Crippen LogP contribution in [0.4, 0.5) is 0 Å². The maximum absolute atomic E-state index is 7.79. The van der Waals surface area contributed by atoms with Gasteiger partial charge in [-0.05, 0) is 12.5 Å². The second kappa shape index (κ2) is 4.42. The number of ether oxygens (including phenoxy) is 3. The summed E-state index contributed by atoms with van der Waals surface area (Å²) in [5, 5.41) is 15.6. The van der Waals surface area contributed by atoms with Gasteiger partial charge in [-0.15, -0.1) is 0 Å². The molecule has 5 heteroatoms. The van der Waals surface area contributed by atoms with E-state index in [0.717, 1.165) is 11.1 Å². The zero-order chi connectivity index (χ0) is 13.3. The number of hydrogen-bond acceptors (Lipinski definition) is 5. The first-order valence-corrected chi connectivity index (χ1v) is 5.56. The molecule has 1 fully saturated rings. The Hall–Kier alpha value is -1.88. The zero-order valence-electron chi connectivity index (χ0n) is 10.6. The summed E-state index contributed by atoms with van der Waals surface area (Å²) in [6.45, 7) is 2.00. The summed E-state index contributed by atoms with van der Waals surface area (Å²) in [5.41, 5.74) is 0.858. The van der Waals surface area contributed by atoms with Crippen LogP contribution in [0.2, 0.25) is 0 Å². The van der Waals surface area contributed by atoms with Crippen molar-refractivity contribution in [1.82, 2.24) is 0 Å². The van der Waals surface area contributed by atoms with Gasteiger partial charge in [-0.25, -0.2) is 0 Å². The van der Waals surface area contributed by atoms with Crippen LogP contribution < -0.4 is 0 Å². The summed E-state index contributed by atoms with van der Waals surface area (Å²) in [6.07, 6.45) is -0.391. The van der Waals surface area contributed by atoms with Crippen molar-refractivity contribution in [3.8, 4) is 0 Å². The fraction of sp³-hybridized carbons (Fsp3) is 0.385. The van der Waals surface area contributed by atoms with E-state index in [9.17, 15) is 0 Å². The lowest BCUT2D eigenvalue weighted by Crippen LogP contribution is -2.36. The monoisotopic (exact) mass is 248 g/mol. The lowest BCUT2D eigenvalue weighted by atomic mass is 9.98. The lowest BCUT2D eigenvalue weighted by Gasteiger charge is -2.13. The van der Waals surface area contributed by atoms with E-state index in [2.05, 4.69) is 0 Å². The fourth-order valence-corrected chi connectivity index (χ4v) is 1.95. The SMILES string of the molecule is COC(=N)C1(C(=N)OC)O[C@@H]1c1ccc(C)cc1. The van der Waals surface area contributed by atoms with Gasteiger partial charge in [0.1, 0.15) is 6.10 Å². The maximum atomic E-state index is 7.79. The van der Waals surface area contributed by atoms with Gasteiger partial charge in [0.15, 0.2) is 0 Å². The van der Waals surface area contributed by atoms with Gasteiger partial charge in [0, 0.05) is 0 Å². The first-order chi connectivity index (χ1) is 8.56. The van der Waals surface area contributed by atoms with E-state index < -0.39 is 11.7 Å². The molecule has 0 saturated carbocycles. The smallest absolute Gasteiger partial charge is 0.249 e. The van der Waals surface area contributed by atoms with Gasteiger partial charge in [-0.2, -0.15) is 0 Å². The molecule has 1 aliphatic rings. The van der Waals surface area contributed by atoms with Gasteiger partial charge in [0.25, 0.3) is 0 Å². The standard InChI is InChI=1S/C13H16N2O3/c1-8-4-6-9(7-5-8)10-13(18-10,11(14)16-2)12(15)17-3/h4-7,10,14-15H,1-3H3/t10-,13?/m1/s1. The molecule has 0 unspecified atom stereocenters. The van der Waals surface area contributed by atoms with Crippen molar-refractivity contribution in [2.24, 2.45) is 0 Å². The highest BCUT2D eigenvalue weighted by Gasteiger charge is 2.67. The molecule has 1 aromatic rings. The van der Waals surface area contributed by atoms with Crippen LogP contribution in [0.25, 0.3) is 0 Å². The molecule has 0 amide bonds. The van der Waals surface area contributed by atoms with E-state index in [0.29, 0.717) is 0 Å². The number of rotatable bonds is 3. The second-order valence-electron chi connectivity index (χ2n) is 4.21. The molecule has 0 aliphatic carbocycles. The normalized spacial score (nSPS) is 25.4. The molecule has 1 aromatic carbocycles. The van der Waals surface area contributed by atoms with E-state index in [1.165, 1.54) is 14.2 Å². The number of methoxy groups -OCH3 is 2. The molecule has 1 saturated heterocycles. The van der Waals surface area contributed by atoms with Crippen LogP contribution in [0.1, 0.15) is 17.2 Å². The minimum absolute atomic E-state index is 0.111. The topological polar surface area (TPSA) is 78.7 Å². The molecule has 2 rings (SSSR count). The Morgan fingerprint density at radius 3 is 2.06 bits per heavy atom. The number of epoxide rings is 1. The number of hydrogen-bond donors (Lipinski definition) is 2. The molecule has 1 heterocycles. The van der Waals surface area contributed by atoms with Gasteiger partial charge in [0.2, 0.25) is 17.4 Å². The van der Waals surface area contributed by atoms with Crippen molar-refractivity contribution in [1.29, 1.82) is 10.8 Å². The van der Waals surface area contributed by atoms with E-state index in [-0.39, 0.29) is 11.8 Å². The predicted molar refractivity (Wildman–Crippen MR) is 67.2 cm³/mol. The molecular weight excluding hydrogens is 232 g/mol. The number of benzene rings is 1. The number of nitrogens with one attached hydrogen (secondary N) is 2. The third kappa shape index (κ3) is 1.76. The van der Waals surface area contributed by atoms with Crippen LogP contribution in [0, 0.1) is 17.7 Å². The van der Waals surface area contributed by atoms with Crippen LogP contribution in [-0.4, -0.2) is 31.6 Å². The third-order valence-electron chi connectivity index (χ3n) is 3.08. The summed E-state index contributed by atoms with van der Waals surface area (Å²) in [6, 6.07) is 7.78. The lowest BCUT2D eigenvalue weighted by molar-refractivity contribution is 0.288. The fourth-order valence-electron chi connectivity index (χ4n) is 1.95. The third-order valence-corrected chi connectivity index (χ3v) is 3.08. The van der Waals surface area contributed by atoms with Gasteiger partial charge in [0.05, 0.1) is 14.2 Å². The van der Waals surface area contributed by atoms with Crippen LogP contribution in [-0.2, 0) is 14.2 Å². The van der Waals surface area contributed by atoms with Crippen LogP contribution in [0.15, 0.2) is 24.3 Å². The maximum Gasteiger partial charge on any atom is 0.249 e. The Balaban J connectivity index is 2.30. The molecule has 1 aliphatic heterocycles. The quantitative estimate of drug-likeness (QED) is 0.488. The predicted octanol–water partition coefficient (Wildman–Crippen LogP) is 2.05. The average molecular weight is 248 g/mol. The zero-order valence-corrected chi connectivity index (χ0v) is 10.6. The van der Waals surface area contributed by atoms with E-state index in [1.807, 2.05) is 31.2 Å². The second-order valence-corrected chi connectivity index (χ2v) is 4.21. The molecule has 18 heavy (non-hydrogen) atoms. The van der Waals surface area contributed by atoms with Crippen molar-refractivity contribution in [3.63, 3.8) is 0 Å². The minimum atomic E-state index is -1.20. The Labute approximate surface area is 106 Å². The summed E-state index contributed by atoms with van der Waals surface area (Å²) in [7, 11) is 2.78. The van der Waals surface area contributed by atoms with Crippen molar-refractivity contribution in [3.05, 3.63) is 35.4 Å². The molecule has 0 bridgehead atoms. The molecule has 0 spiro atoms. The van der Waals surface area contributed by atoms with Crippen LogP contribution in [0.3, 0.4) is 0 Å². The highest BCUT2D eigenvalue weighted by atomic mass is 16.7. The largest absolute Gasteiger partial charge is 0.482 e. The Bertz CT molecular complexity index is 466. The molecule has 0 radical (unpaired) electrons. The van der Waals surface area contributed by atoms with Crippen molar-refractivity contribution in [2.45, 2.75) is 18.6 Å². The van der Waals surface area contributed by atoms with Gasteiger partial charge in [-0.1, -0.05) is 29.8 Å². The van der Waals surface area contributed by atoms with Crippen LogP contribution >= 0.6 is 0 Å². The van der Waals surface area contributed by atoms with Crippen molar-refractivity contribution in [2.75, 3.05) is 14.2 Å². The Kier molecular flexibility index (Phi) is 3.09. The van der Waals surface area contributed by atoms with E-state index in [4.69, 9.17) is 25.0 Å². The first kappa shape index (κ1) is 12.6. The van der Waals surface area contributed by atoms with Crippen LogP contribution in [0.5, 0.6) is 0 Å². The highest BCUT2D eigenvalue weighted by Crippen LogP contribution is 2.51. The van der Waals surface area contributed by atoms with Crippen molar-refractivity contribution < 1.29 is 14.2 Å². The van der Waals surface area contributed by atoms with E-state index >= 15 is 0 Å². The summed E-state index contributed by atoms with van der Waals surface area (Å²) in [5.74, 6) is -0.222. The van der Waals surface area contributed by atoms with Gasteiger partial charge < -0.3 is 14.2 Å². The molecule has 1 atom stereocenters. The summed E-state index contributed by atoms with van der Waals surface area (Å²) in [4.78, 5) is 0. The highest BCUT2D eigenvalue weighted by molar-refractivity contribution is 6.09. The summed E-state index contributed by atoms with van der Waals surface area (Å²) >= 11 is 0. The van der Waals surface area contributed by atoms with E-state index in [1.54, 1.807) is 0 Å². The van der Waals surface area contributed by atoms with Gasteiger partial charge >= 0.3 is 0 Å². The molecule has 0 aromatic heterocycles. The summed E-state index contributed by atoms with van der Waals surface area (Å²) < 4.78 is 15.4. The van der Waals surface area contributed by atoms with Gasteiger partial charge in [-0.3, -0.25) is 10.8 Å². The average Bonchev–Trinajstić information content (AvgIpc) is 3.14. The minimum Gasteiger partial charge on any atom is -0.482 e. The molecule has 2 N–H and O–H groups in total. The molecular formula is C13H16N2O3. The van der Waals surface area contributed by atoms with Crippen molar-refractivity contribution >= 4 is 11.8 Å². The number of aryl methyl sites for hydroxylation is 1. The first-order valence-electron chi connectivity index (χ1n) is 5.56. The Morgan fingerprint density at radius 1 is 1.11 bits per heavy atom. The molecule has 5 nitrogen and oxygen atoms in total.